The summed E-state index contributed by atoms with van der Waals surface area (Å²) in [5.41, 5.74) is 3.07. The number of hydrogen-bond donors (Lipinski definition) is 0. The van der Waals surface area contributed by atoms with Crippen LogP contribution in [0.15, 0.2) is 76.8 Å². The number of aromatic nitrogens is 3. The van der Waals surface area contributed by atoms with Crippen molar-refractivity contribution >= 4 is 21.8 Å². The molecule has 6 rings (SSSR count). The standard InChI is InChI=1S/C30H33N3O3S/c34-37(25-13-15-31-16-14-25)29-20-27-26(19-28(29)36-23-10-5-2-6-11-23)32-30(18-22-8-3-1-4-9-22)33(27)21-24-12-7-17-35-24/h1,3-4,8-9,13-16,19-20,23-24H,2,5-7,10-12,17-18,21H2. The molecule has 2 fully saturated rings. The van der Waals surface area contributed by atoms with E-state index in [1.165, 1.54) is 24.8 Å². The highest BCUT2D eigenvalue weighted by Crippen LogP contribution is 2.35. The van der Waals surface area contributed by atoms with Gasteiger partial charge < -0.3 is 14.0 Å². The van der Waals surface area contributed by atoms with Crippen molar-refractivity contribution in [1.29, 1.82) is 0 Å². The summed E-state index contributed by atoms with van der Waals surface area (Å²) in [6, 6.07) is 18.1. The Morgan fingerprint density at radius 3 is 2.54 bits per heavy atom. The Labute approximate surface area is 220 Å². The minimum atomic E-state index is -1.40. The number of hydrogen-bond acceptors (Lipinski definition) is 5. The molecule has 1 aliphatic carbocycles. The zero-order valence-electron chi connectivity index (χ0n) is 21.1. The fourth-order valence-corrected chi connectivity index (χ4v) is 6.61. The average molecular weight is 516 g/mol. The highest BCUT2D eigenvalue weighted by Gasteiger charge is 2.25. The molecule has 0 N–H and O–H groups in total. The maximum atomic E-state index is 13.9. The Hall–Kier alpha value is -3.03. The molecule has 1 saturated heterocycles. The van der Waals surface area contributed by atoms with Crippen molar-refractivity contribution in [3.8, 4) is 5.75 Å². The van der Waals surface area contributed by atoms with Crippen LogP contribution in [0.3, 0.4) is 0 Å². The van der Waals surface area contributed by atoms with Gasteiger partial charge in [0, 0.05) is 36.4 Å². The lowest BCUT2D eigenvalue weighted by atomic mass is 9.98. The Morgan fingerprint density at radius 2 is 1.78 bits per heavy atom. The molecule has 192 valence electrons. The lowest BCUT2D eigenvalue weighted by Gasteiger charge is -2.24. The molecule has 1 saturated carbocycles. The van der Waals surface area contributed by atoms with Gasteiger partial charge >= 0.3 is 0 Å². The van der Waals surface area contributed by atoms with E-state index in [-0.39, 0.29) is 12.2 Å². The number of pyridine rings is 1. The zero-order chi connectivity index (χ0) is 25.0. The second-order valence-electron chi connectivity index (χ2n) is 10.1. The summed E-state index contributed by atoms with van der Waals surface area (Å²) in [6.45, 7) is 1.55. The lowest BCUT2D eigenvalue weighted by molar-refractivity contribution is 0.0973. The van der Waals surface area contributed by atoms with Gasteiger partial charge in [-0.3, -0.25) is 4.98 Å². The SMILES string of the molecule is O=S(c1ccncc1)c1cc2c(cc1OC1CCCCC1)nc(Cc1ccccc1)n2CC1CCCO1. The van der Waals surface area contributed by atoms with Gasteiger partial charge in [0.2, 0.25) is 0 Å². The topological polar surface area (TPSA) is 66.2 Å². The largest absolute Gasteiger partial charge is 0.489 e. The number of nitrogens with zero attached hydrogens (tertiary/aromatic N) is 3. The van der Waals surface area contributed by atoms with Crippen molar-refractivity contribution in [2.45, 2.75) is 79.9 Å². The molecule has 3 heterocycles. The highest BCUT2D eigenvalue weighted by molar-refractivity contribution is 7.85. The first-order chi connectivity index (χ1) is 18.2. The van der Waals surface area contributed by atoms with Crippen molar-refractivity contribution in [3.63, 3.8) is 0 Å². The van der Waals surface area contributed by atoms with Crippen molar-refractivity contribution in [2.75, 3.05) is 6.61 Å². The van der Waals surface area contributed by atoms with E-state index in [2.05, 4.69) is 33.8 Å². The molecule has 0 bridgehead atoms. The number of benzene rings is 2. The molecule has 2 atom stereocenters. The van der Waals surface area contributed by atoms with E-state index in [0.717, 1.165) is 67.0 Å². The van der Waals surface area contributed by atoms with Gasteiger partial charge in [-0.05, 0) is 62.3 Å². The second kappa shape index (κ2) is 11.2. The van der Waals surface area contributed by atoms with Gasteiger partial charge in [0.15, 0.2) is 0 Å². The Morgan fingerprint density at radius 1 is 0.973 bits per heavy atom. The van der Waals surface area contributed by atoms with Gasteiger partial charge in [-0.2, -0.15) is 0 Å². The van der Waals surface area contributed by atoms with Gasteiger partial charge in [0.1, 0.15) is 11.6 Å². The van der Waals surface area contributed by atoms with E-state index >= 15 is 0 Å². The third-order valence-corrected chi connectivity index (χ3v) is 8.84. The van der Waals surface area contributed by atoms with Crippen LogP contribution in [-0.2, 0) is 28.5 Å². The molecular formula is C30H33N3O3S. The van der Waals surface area contributed by atoms with E-state index in [1.54, 1.807) is 12.4 Å². The van der Waals surface area contributed by atoms with E-state index in [9.17, 15) is 4.21 Å². The molecule has 0 radical (unpaired) electrons. The molecule has 37 heavy (non-hydrogen) atoms. The van der Waals surface area contributed by atoms with Gasteiger partial charge in [-0.1, -0.05) is 36.8 Å². The monoisotopic (exact) mass is 515 g/mol. The van der Waals surface area contributed by atoms with E-state index in [1.807, 2.05) is 30.3 Å². The number of rotatable bonds is 8. The quantitative estimate of drug-likeness (QED) is 0.285. The number of ether oxygens (including phenoxy) is 2. The molecule has 2 aliphatic rings. The van der Waals surface area contributed by atoms with Crippen LogP contribution in [0.25, 0.3) is 11.0 Å². The van der Waals surface area contributed by atoms with Gasteiger partial charge in [-0.25, -0.2) is 9.19 Å². The first-order valence-electron chi connectivity index (χ1n) is 13.4. The van der Waals surface area contributed by atoms with Crippen molar-refractivity contribution in [1.82, 2.24) is 14.5 Å². The Balaban J connectivity index is 1.46. The predicted octanol–water partition coefficient (Wildman–Crippen LogP) is 6.08. The summed E-state index contributed by atoms with van der Waals surface area (Å²) in [4.78, 5) is 10.6. The van der Waals surface area contributed by atoms with Crippen LogP contribution < -0.4 is 4.74 Å². The van der Waals surface area contributed by atoms with Crippen LogP contribution in [0.5, 0.6) is 5.75 Å². The minimum Gasteiger partial charge on any atom is -0.489 e. The fourth-order valence-electron chi connectivity index (χ4n) is 5.48. The normalized spacial score (nSPS) is 19.3. The van der Waals surface area contributed by atoms with E-state index in [4.69, 9.17) is 14.5 Å². The second-order valence-corrected chi connectivity index (χ2v) is 11.5. The summed E-state index contributed by atoms with van der Waals surface area (Å²) in [7, 11) is -1.40. The molecule has 0 spiro atoms. The lowest BCUT2D eigenvalue weighted by Crippen LogP contribution is -2.20. The summed E-state index contributed by atoms with van der Waals surface area (Å²) in [5.74, 6) is 1.68. The maximum absolute atomic E-state index is 13.9. The molecular weight excluding hydrogens is 482 g/mol. The summed E-state index contributed by atoms with van der Waals surface area (Å²) in [5, 5.41) is 0. The first kappa shape index (κ1) is 24.3. The molecule has 1 aliphatic heterocycles. The maximum Gasteiger partial charge on any atom is 0.138 e. The van der Waals surface area contributed by atoms with Gasteiger partial charge in [0.05, 0.1) is 45.5 Å². The fraction of sp³-hybridized carbons (Fsp3) is 0.400. The molecule has 0 amide bonds. The first-order valence-corrected chi connectivity index (χ1v) is 14.6. The number of imidazole rings is 1. The smallest absolute Gasteiger partial charge is 0.138 e. The molecule has 6 nitrogen and oxygen atoms in total. The molecule has 2 aromatic heterocycles. The van der Waals surface area contributed by atoms with Gasteiger partial charge in [-0.15, -0.1) is 0 Å². The van der Waals surface area contributed by atoms with E-state index in [0.29, 0.717) is 10.6 Å². The summed E-state index contributed by atoms with van der Waals surface area (Å²) in [6.07, 6.45) is 12.2. The van der Waals surface area contributed by atoms with Crippen LogP contribution >= 0.6 is 0 Å². The van der Waals surface area contributed by atoms with Crippen LogP contribution in [0, 0.1) is 0 Å². The predicted molar refractivity (Wildman–Crippen MR) is 144 cm³/mol. The third-order valence-electron chi connectivity index (χ3n) is 7.42. The van der Waals surface area contributed by atoms with Crippen LogP contribution in [0.1, 0.15) is 56.3 Å². The Kier molecular flexibility index (Phi) is 7.33. The molecule has 2 aromatic carbocycles. The van der Waals surface area contributed by atoms with Crippen LogP contribution in [0.4, 0.5) is 0 Å². The molecule has 2 unspecified atom stereocenters. The van der Waals surface area contributed by atoms with Crippen LogP contribution in [-0.4, -0.2) is 37.6 Å². The van der Waals surface area contributed by atoms with Gasteiger partial charge in [0.25, 0.3) is 0 Å². The van der Waals surface area contributed by atoms with Crippen LogP contribution in [0.2, 0.25) is 0 Å². The summed E-state index contributed by atoms with van der Waals surface area (Å²) < 4.78 is 28.7. The zero-order valence-corrected chi connectivity index (χ0v) is 21.9. The van der Waals surface area contributed by atoms with Crippen molar-refractivity contribution < 1.29 is 13.7 Å². The average Bonchev–Trinajstić information content (AvgIpc) is 3.57. The highest BCUT2D eigenvalue weighted by atomic mass is 32.2. The third kappa shape index (κ3) is 5.48. The number of fused-ring (bicyclic) bond motifs is 1. The molecule has 4 aromatic rings. The van der Waals surface area contributed by atoms with Crippen molar-refractivity contribution in [3.05, 3.63) is 78.4 Å². The van der Waals surface area contributed by atoms with Crippen molar-refractivity contribution in [2.24, 2.45) is 0 Å². The summed E-state index contributed by atoms with van der Waals surface area (Å²) >= 11 is 0. The minimum absolute atomic E-state index is 0.150. The molecule has 7 heteroatoms. The Bertz CT molecular complexity index is 1360. The van der Waals surface area contributed by atoms with E-state index < -0.39 is 10.8 Å².